The molecule has 1 atom stereocenters. The minimum atomic E-state index is 0.181. The number of nitrogens with zero attached hydrogens (tertiary/aromatic N) is 2. The minimum absolute atomic E-state index is 0.181. The van der Waals surface area contributed by atoms with Crippen molar-refractivity contribution < 1.29 is 9.53 Å². The van der Waals surface area contributed by atoms with E-state index in [0.29, 0.717) is 12.3 Å². The summed E-state index contributed by atoms with van der Waals surface area (Å²) in [7, 11) is 1.70. The van der Waals surface area contributed by atoms with Crippen LogP contribution in [-0.2, 0) is 4.79 Å². The summed E-state index contributed by atoms with van der Waals surface area (Å²) in [4.78, 5) is 17.0. The van der Waals surface area contributed by atoms with Gasteiger partial charge in [-0.15, -0.1) is 0 Å². The molecule has 0 saturated carbocycles. The Balaban J connectivity index is 1.61. The molecule has 1 amide bonds. The fraction of sp³-hybridized carbons (Fsp3) is 0.682. The molecule has 1 unspecified atom stereocenters. The topological polar surface area (TPSA) is 44.8 Å². The van der Waals surface area contributed by atoms with Gasteiger partial charge >= 0.3 is 0 Å². The maximum atomic E-state index is 12.1. The molecule has 0 radical (unpaired) electrons. The van der Waals surface area contributed by atoms with Gasteiger partial charge in [0.2, 0.25) is 5.91 Å². The molecule has 0 bridgehead atoms. The van der Waals surface area contributed by atoms with Crippen LogP contribution in [0.5, 0.6) is 5.75 Å². The van der Waals surface area contributed by atoms with Crippen molar-refractivity contribution in [2.75, 3.05) is 51.3 Å². The van der Waals surface area contributed by atoms with Crippen molar-refractivity contribution in [3.05, 3.63) is 24.3 Å². The molecule has 1 aliphatic heterocycles. The van der Waals surface area contributed by atoms with Crippen LogP contribution in [-0.4, -0.2) is 57.2 Å². The lowest BCUT2D eigenvalue weighted by molar-refractivity contribution is -0.122. The summed E-state index contributed by atoms with van der Waals surface area (Å²) in [5.41, 5.74) is 1.44. The molecule has 0 spiro atoms. The Morgan fingerprint density at radius 3 is 2.33 bits per heavy atom. The first kappa shape index (κ1) is 21.5. The molecule has 5 heteroatoms. The second-order valence-corrected chi connectivity index (χ2v) is 8.70. The molecule has 1 N–H and O–H groups in total. The van der Waals surface area contributed by atoms with Gasteiger partial charge in [-0.05, 0) is 48.6 Å². The van der Waals surface area contributed by atoms with Crippen molar-refractivity contribution in [2.45, 2.75) is 40.5 Å². The van der Waals surface area contributed by atoms with E-state index in [0.717, 1.165) is 51.4 Å². The number of carbonyl (C=O) groups excluding carboxylic acids is 1. The van der Waals surface area contributed by atoms with Gasteiger partial charge in [0.25, 0.3) is 0 Å². The van der Waals surface area contributed by atoms with Gasteiger partial charge in [0.05, 0.1) is 7.11 Å². The summed E-state index contributed by atoms with van der Waals surface area (Å²) in [6.07, 6.45) is 1.63. The predicted octanol–water partition coefficient (Wildman–Crippen LogP) is 3.40. The van der Waals surface area contributed by atoms with E-state index >= 15 is 0 Å². The van der Waals surface area contributed by atoms with Gasteiger partial charge in [-0.1, -0.05) is 27.7 Å². The van der Waals surface area contributed by atoms with Crippen LogP contribution >= 0.6 is 0 Å². The standard InChI is InChI=1S/C22H37N3O2/c1-18(22(2,3)4)17-21(26)23-11-6-12-24-13-15-25(16-14-24)19-7-9-20(27-5)10-8-19/h7-10,18H,6,11-17H2,1-5H3,(H,23,26). The van der Waals surface area contributed by atoms with Crippen LogP contribution in [0, 0.1) is 11.3 Å². The molecule has 1 aliphatic rings. The van der Waals surface area contributed by atoms with Gasteiger partial charge < -0.3 is 15.0 Å². The van der Waals surface area contributed by atoms with Gasteiger partial charge in [0.1, 0.15) is 5.75 Å². The van der Waals surface area contributed by atoms with Gasteiger partial charge in [0.15, 0.2) is 0 Å². The Morgan fingerprint density at radius 1 is 1.15 bits per heavy atom. The van der Waals surface area contributed by atoms with E-state index in [4.69, 9.17) is 4.74 Å². The van der Waals surface area contributed by atoms with E-state index in [1.165, 1.54) is 5.69 Å². The first-order chi connectivity index (χ1) is 12.8. The van der Waals surface area contributed by atoms with Crippen molar-refractivity contribution in [2.24, 2.45) is 11.3 Å². The lowest BCUT2D eigenvalue weighted by atomic mass is 9.80. The zero-order valence-corrected chi connectivity index (χ0v) is 17.8. The maximum Gasteiger partial charge on any atom is 0.220 e. The average Bonchev–Trinajstić information content (AvgIpc) is 2.65. The summed E-state index contributed by atoms with van der Waals surface area (Å²) in [5.74, 6) is 1.47. The largest absolute Gasteiger partial charge is 0.497 e. The van der Waals surface area contributed by atoms with E-state index in [1.54, 1.807) is 7.11 Å². The number of hydrogen-bond acceptors (Lipinski definition) is 4. The SMILES string of the molecule is COc1ccc(N2CCN(CCCNC(=O)CC(C)C(C)(C)C)CC2)cc1. The number of piperazine rings is 1. The van der Waals surface area contributed by atoms with E-state index in [2.05, 4.69) is 54.9 Å². The highest BCUT2D eigenvalue weighted by Crippen LogP contribution is 2.27. The average molecular weight is 376 g/mol. The van der Waals surface area contributed by atoms with Crippen LogP contribution < -0.4 is 15.0 Å². The Labute approximate surface area is 165 Å². The molecule has 1 aromatic rings. The monoisotopic (exact) mass is 375 g/mol. The summed E-state index contributed by atoms with van der Waals surface area (Å²) in [6.45, 7) is 14.8. The normalized spacial score (nSPS) is 16.9. The number of ether oxygens (including phenoxy) is 1. The van der Waals surface area contributed by atoms with Crippen LogP contribution in [0.4, 0.5) is 5.69 Å². The number of hydrogen-bond donors (Lipinski definition) is 1. The lowest BCUT2D eigenvalue weighted by Crippen LogP contribution is -2.47. The van der Waals surface area contributed by atoms with Gasteiger partial charge in [-0.2, -0.15) is 0 Å². The molecule has 152 valence electrons. The smallest absolute Gasteiger partial charge is 0.220 e. The lowest BCUT2D eigenvalue weighted by Gasteiger charge is -2.36. The highest BCUT2D eigenvalue weighted by molar-refractivity contribution is 5.76. The Kier molecular flexibility index (Phi) is 7.96. The number of benzene rings is 1. The molecular formula is C22H37N3O2. The Morgan fingerprint density at radius 2 is 1.78 bits per heavy atom. The van der Waals surface area contributed by atoms with Crippen LogP contribution in [0.1, 0.15) is 40.5 Å². The third-order valence-electron chi connectivity index (χ3n) is 5.75. The number of anilines is 1. The van der Waals surface area contributed by atoms with Crippen LogP contribution in [0.2, 0.25) is 0 Å². The van der Waals surface area contributed by atoms with Crippen molar-refractivity contribution >= 4 is 11.6 Å². The number of amides is 1. The highest BCUT2D eigenvalue weighted by Gasteiger charge is 2.22. The molecule has 0 aliphatic carbocycles. The first-order valence-electron chi connectivity index (χ1n) is 10.2. The van der Waals surface area contributed by atoms with Gasteiger partial charge in [-0.25, -0.2) is 0 Å². The molecule has 1 heterocycles. The highest BCUT2D eigenvalue weighted by atomic mass is 16.5. The molecule has 5 nitrogen and oxygen atoms in total. The fourth-order valence-electron chi connectivity index (χ4n) is 3.21. The molecule has 1 fully saturated rings. The van der Waals surface area contributed by atoms with E-state index in [1.807, 2.05) is 12.1 Å². The fourth-order valence-corrected chi connectivity index (χ4v) is 3.21. The zero-order valence-electron chi connectivity index (χ0n) is 17.8. The van der Waals surface area contributed by atoms with Crippen LogP contribution in [0.25, 0.3) is 0 Å². The Bertz CT molecular complexity index is 572. The molecular weight excluding hydrogens is 338 g/mol. The van der Waals surface area contributed by atoms with E-state index < -0.39 is 0 Å². The second kappa shape index (κ2) is 9.98. The van der Waals surface area contributed by atoms with Crippen molar-refractivity contribution in [3.8, 4) is 5.75 Å². The van der Waals surface area contributed by atoms with Crippen LogP contribution in [0.15, 0.2) is 24.3 Å². The quantitative estimate of drug-likeness (QED) is 0.708. The summed E-state index contributed by atoms with van der Waals surface area (Å²) in [5, 5.41) is 3.08. The molecule has 0 aromatic heterocycles. The van der Waals surface area contributed by atoms with Gasteiger partial charge in [0, 0.05) is 44.8 Å². The molecule has 1 saturated heterocycles. The van der Waals surface area contributed by atoms with Crippen molar-refractivity contribution in [1.82, 2.24) is 10.2 Å². The van der Waals surface area contributed by atoms with Gasteiger partial charge in [-0.3, -0.25) is 9.69 Å². The van der Waals surface area contributed by atoms with E-state index in [9.17, 15) is 4.79 Å². The van der Waals surface area contributed by atoms with Crippen molar-refractivity contribution in [3.63, 3.8) is 0 Å². The second-order valence-electron chi connectivity index (χ2n) is 8.70. The van der Waals surface area contributed by atoms with Crippen molar-refractivity contribution in [1.29, 1.82) is 0 Å². The third-order valence-corrected chi connectivity index (χ3v) is 5.75. The number of rotatable bonds is 8. The number of methoxy groups -OCH3 is 1. The molecule has 1 aromatic carbocycles. The minimum Gasteiger partial charge on any atom is -0.497 e. The Hall–Kier alpha value is -1.75. The summed E-state index contributed by atoms with van der Waals surface area (Å²) in [6, 6.07) is 8.29. The van der Waals surface area contributed by atoms with Crippen LogP contribution in [0.3, 0.4) is 0 Å². The first-order valence-corrected chi connectivity index (χ1v) is 10.2. The zero-order chi connectivity index (χ0) is 19.9. The predicted molar refractivity (Wildman–Crippen MR) is 113 cm³/mol. The number of carbonyl (C=O) groups is 1. The molecule has 27 heavy (non-hydrogen) atoms. The van der Waals surface area contributed by atoms with E-state index in [-0.39, 0.29) is 11.3 Å². The third kappa shape index (κ3) is 7.06. The number of nitrogens with one attached hydrogen (secondary N) is 1. The summed E-state index contributed by atoms with van der Waals surface area (Å²) < 4.78 is 5.23. The molecule has 2 rings (SSSR count). The maximum absolute atomic E-state index is 12.1. The summed E-state index contributed by atoms with van der Waals surface area (Å²) >= 11 is 0.